The van der Waals surface area contributed by atoms with E-state index >= 15 is 0 Å². The van der Waals surface area contributed by atoms with Gasteiger partial charge in [0.1, 0.15) is 33.0 Å². The van der Waals surface area contributed by atoms with Gasteiger partial charge in [-0.05, 0) is 60.7 Å². The van der Waals surface area contributed by atoms with Crippen LogP contribution in [0.3, 0.4) is 0 Å². The number of ether oxygens (including phenoxy) is 1. The molecule has 158 valence electrons. The van der Waals surface area contributed by atoms with Gasteiger partial charge in [-0.3, -0.25) is 4.79 Å². The molecule has 0 saturated heterocycles. The van der Waals surface area contributed by atoms with Gasteiger partial charge >= 0.3 is 0 Å². The molecule has 3 aromatic carbocycles. The van der Waals surface area contributed by atoms with E-state index in [-0.39, 0.29) is 16.1 Å². The number of amides is 1. The van der Waals surface area contributed by atoms with Crippen molar-refractivity contribution < 1.29 is 9.53 Å². The number of hydrogen-bond donors (Lipinski definition) is 3. The fourth-order valence-corrected chi connectivity index (χ4v) is 4.01. The lowest BCUT2D eigenvalue weighted by molar-refractivity contribution is 0.103. The first-order valence-electron chi connectivity index (χ1n) is 9.53. The molecule has 6 nitrogen and oxygen atoms in total. The molecule has 0 aliphatic heterocycles. The zero-order chi connectivity index (χ0) is 22.5. The molecule has 0 aliphatic carbocycles. The second-order valence-electron chi connectivity index (χ2n) is 6.69. The van der Waals surface area contributed by atoms with Crippen LogP contribution in [0.2, 0.25) is 5.02 Å². The lowest BCUT2D eigenvalue weighted by Gasteiger charge is -2.08. The van der Waals surface area contributed by atoms with Gasteiger partial charge in [-0.2, -0.15) is 5.26 Å². The molecular formula is C24H17ClN4O2S. The molecule has 8 heteroatoms. The summed E-state index contributed by atoms with van der Waals surface area (Å²) < 4.78 is 5.75. The normalized spacial score (nSPS) is 10.2. The summed E-state index contributed by atoms with van der Waals surface area (Å²) in [5.74, 6) is 0.874. The van der Waals surface area contributed by atoms with Crippen LogP contribution in [0.15, 0.2) is 78.9 Å². The van der Waals surface area contributed by atoms with Crippen molar-refractivity contribution in [1.29, 1.82) is 5.26 Å². The number of thiophene rings is 1. The first-order chi connectivity index (χ1) is 15.5. The number of nitriles is 1. The molecule has 32 heavy (non-hydrogen) atoms. The molecule has 0 fully saturated rings. The predicted molar refractivity (Wildman–Crippen MR) is 129 cm³/mol. The van der Waals surface area contributed by atoms with Crippen molar-refractivity contribution in [2.45, 2.75) is 0 Å². The lowest BCUT2D eigenvalue weighted by atomic mass is 10.2. The molecule has 0 atom stereocenters. The Kier molecular flexibility index (Phi) is 6.26. The number of rotatable bonds is 6. The van der Waals surface area contributed by atoms with E-state index in [0.29, 0.717) is 27.2 Å². The number of nitrogens with one attached hydrogen (secondary N) is 2. The van der Waals surface area contributed by atoms with Crippen LogP contribution in [-0.4, -0.2) is 5.91 Å². The zero-order valence-corrected chi connectivity index (χ0v) is 18.2. The van der Waals surface area contributed by atoms with Crippen molar-refractivity contribution in [2.75, 3.05) is 16.4 Å². The number of anilines is 4. The van der Waals surface area contributed by atoms with Gasteiger partial charge in [-0.1, -0.05) is 29.8 Å². The van der Waals surface area contributed by atoms with E-state index < -0.39 is 5.91 Å². The van der Waals surface area contributed by atoms with E-state index in [1.807, 2.05) is 30.3 Å². The van der Waals surface area contributed by atoms with Gasteiger partial charge in [0.15, 0.2) is 0 Å². The van der Waals surface area contributed by atoms with E-state index in [1.165, 1.54) is 0 Å². The van der Waals surface area contributed by atoms with Crippen LogP contribution < -0.4 is 21.1 Å². The van der Waals surface area contributed by atoms with Gasteiger partial charge in [0, 0.05) is 16.4 Å². The highest BCUT2D eigenvalue weighted by atomic mass is 35.5. The summed E-state index contributed by atoms with van der Waals surface area (Å²) in [4.78, 5) is 13.1. The summed E-state index contributed by atoms with van der Waals surface area (Å²) in [5, 5.41) is 16.6. The molecule has 0 spiro atoms. The monoisotopic (exact) mass is 460 g/mol. The first kappa shape index (κ1) is 21.2. The average Bonchev–Trinajstić information content (AvgIpc) is 3.12. The van der Waals surface area contributed by atoms with Crippen LogP contribution in [0.4, 0.5) is 22.1 Å². The second-order valence-corrected chi connectivity index (χ2v) is 8.14. The Morgan fingerprint density at radius 2 is 1.56 bits per heavy atom. The maximum atomic E-state index is 12.8. The summed E-state index contributed by atoms with van der Waals surface area (Å²) in [6, 6.07) is 25.4. The van der Waals surface area contributed by atoms with Crippen molar-refractivity contribution in [3.05, 3.63) is 94.3 Å². The van der Waals surface area contributed by atoms with Crippen LogP contribution in [0.25, 0.3) is 0 Å². The van der Waals surface area contributed by atoms with Gasteiger partial charge in [-0.25, -0.2) is 0 Å². The molecular weight excluding hydrogens is 444 g/mol. The molecule has 4 aromatic rings. The highest BCUT2D eigenvalue weighted by molar-refractivity contribution is 7.19. The summed E-state index contributed by atoms with van der Waals surface area (Å²) in [6.45, 7) is 0. The number of nitrogens with two attached hydrogens (primary N) is 1. The number of halogens is 1. The van der Waals surface area contributed by atoms with Gasteiger partial charge in [0.05, 0.1) is 5.69 Å². The number of hydrogen-bond acceptors (Lipinski definition) is 6. The number of carbonyl (C=O) groups excluding carboxylic acids is 1. The maximum absolute atomic E-state index is 12.8. The Morgan fingerprint density at radius 1 is 0.938 bits per heavy atom. The van der Waals surface area contributed by atoms with Crippen LogP contribution in [0.5, 0.6) is 11.5 Å². The van der Waals surface area contributed by atoms with Gasteiger partial charge in [0.25, 0.3) is 5.91 Å². The third kappa shape index (κ3) is 4.83. The smallest absolute Gasteiger partial charge is 0.267 e. The van der Waals surface area contributed by atoms with Crippen LogP contribution in [0, 0.1) is 11.3 Å². The van der Waals surface area contributed by atoms with Crippen molar-refractivity contribution in [2.24, 2.45) is 0 Å². The maximum Gasteiger partial charge on any atom is 0.267 e. The highest BCUT2D eigenvalue weighted by Gasteiger charge is 2.21. The van der Waals surface area contributed by atoms with Crippen molar-refractivity contribution in [3.8, 4) is 17.6 Å². The number of benzene rings is 3. The molecule has 0 aliphatic rings. The summed E-state index contributed by atoms with van der Waals surface area (Å²) in [5.41, 5.74) is 7.87. The summed E-state index contributed by atoms with van der Waals surface area (Å²) in [7, 11) is 0. The van der Waals surface area contributed by atoms with E-state index in [2.05, 4.69) is 16.7 Å². The minimum absolute atomic E-state index is 0.149. The first-order valence-corrected chi connectivity index (χ1v) is 10.7. The summed E-state index contributed by atoms with van der Waals surface area (Å²) >= 11 is 7.01. The van der Waals surface area contributed by atoms with Crippen molar-refractivity contribution >= 4 is 50.9 Å². The quantitative estimate of drug-likeness (QED) is 0.299. The Labute approximate surface area is 193 Å². The van der Waals surface area contributed by atoms with E-state index in [4.69, 9.17) is 22.1 Å². The number of para-hydroxylation sites is 1. The largest absolute Gasteiger partial charge is 0.457 e. The fraction of sp³-hybridized carbons (Fsp3) is 0. The molecule has 4 N–H and O–H groups in total. The van der Waals surface area contributed by atoms with E-state index in [9.17, 15) is 10.1 Å². The Morgan fingerprint density at radius 3 is 2.19 bits per heavy atom. The Balaban J connectivity index is 1.47. The van der Waals surface area contributed by atoms with Crippen LogP contribution in [-0.2, 0) is 0 Å². The van der Waals surface area contributed by atoms with E-state index in [0.717, 1.165) is 17.0 Å². The standard InChI is InChI=1S/C24H17ClN4O2S/c25-15-6-10-18(11-7-15)31-19-12-8-17(9-13-19)28-23(30)22-21(27)20(14-26)24(32-22)29-16-4-2-1-3-5-16/h1-13,29H,27H2,(H,28,30). The van der Waals surface area contributed by atoms with Crippen LogP contribution >= 0.6 is 22.9 Å². The molecule has 1 amide bonds. The highest BCUT2D eigenvalue weighted by Crippen LogP contribution is 2.37. The number of nitrogens with zero attached hydrogens (tertiary/aromatic N) is 1. The Bertz CT molecular complexity index is 1280. The molecule has 0 saturated carbocycles. The molecule has 1 aromatic heterocycles. The van der Waals surface area contributed by atoms with Gasteiger partial charge in [-0.15, -0.1) is 11.3 Å². The van der Waals surface area contributed by atoms with Gasteiger partial charge < -0.3 is 21.1 Å². The van der Waals surface area contributed by atoms with Crippen molar-refractivity contribution in [3.63, 3.8) is 0 Å². The van der Waals surface area contributed by atoms with Crippen molar-refractivity contribution in [1.82, 2.24) is 0 Å². The molecule has 0 bridgehead atoms. The zero-order valence-electron chi connectivity index (χ0n) is 16.6. The minimum atomic E-state index is -0.392. The van der Waals surface area contributed by atoms with Crippen LogP contribution in [0.1, 0.15) is 15.2 Å². The third-order valence-corrected chi connectivity index (χ3v) is 5.83. The average molecular weight is 461 g/mol. The fourth-order valence-electron chi connectivity index (χ4n) is 2.90. The third-order valence-electron chi connectivity index (χ3n) is 4.46. The molecule has 0 radical (unpaired) electrons. The predicted octanol–water partition coefficient (Wildman–Crippen LogP) is 6.64. The molecule has 0 unspecified atom stereocenters. The topological polar surface area (TPSA) is 100 Å². The van der Waals surface area contributed by atoms with Gasteiger partial charge in [0.2, 0.25) is 0 Å². The second kappa shape index (κ2) is 9.43. The number of nitrogen functional groups attached to an aromatic ring is 1. The number of carbonyl (C=O) groups is 1. The lowest BCUT2D eigenvalue weighted by Crippen LogP contribution is -2.12. The summed E-state index contributed by atoms with van der Waals surface area (Å²) in [6.07, 6.45) is 0. The SMILES string of the molecule is N#Cc1c(Nc2ccccc2)sc(C(=O)Nc2ccc(Oc3ccc(Cl)cc3)cc2)c1N. The van der Waals surface area contributed by atoms with E-state index in [1.54, 1.807) is 48.5 Å². The molecule has 1 heterocycles. The molecule has 4 rings (SSSR count). The minimum Gasteiger partial charge on any atom is -0.457 e. The Hall–Kier alpha value is -3.99.